The van der Waals surface area contributed by atoms with Gasteiger partial charge in [-0.15, -0.1) is 0 Å². The standard InChI is InChI=1S/C12H11N2/c13-10-6-8-12(9-7-10)14-11-4-2-1-3-5-11/h1-4,6-9,14H,13H2. The molecule has 1 radical (unpaired) electrons. The van der Waals surface area contributed by atoms with Crippen LogP contribution in [0.3, 0.4) is 0 Å². The number of nitrogens with one attached hydrogen (secondary N) is 1. The Morgan fingerprint density at radius 1 is 1.00 bits per heavy atom. The number of anilines is 3. The molecule has 0 amide bonds. The third kappa shape index (κ3) is 2.04. The van der Waals surface area contributed by atoms with Crippen molar-refractivity contribution in [2.75, 3.05) is 11.1 Å². The zero-order chi connectivity index (χ0) is 9.80. The normalized spacial score (nSPS) is 9.71. The van der Waals surface area contributed by atoms with Gasteiger partial charge in [0.25, 0.3) is 0 Å². The van der Waals surface area contributed by atoms with E-state index < -0.39 is 0 Å². The largest absolute Gasteiger partial charge is 0.399 e. The average molecular weight is 183 g/mol. The lowest BCUT2D eigenvalue weighted by Crippen LogP contribution is -1.90. The van der Waals surface area contributed by atoms with Crippen LogP contribution in [0.2, 0.25) is 0 Å². The van der Waals surface area contributed by atoms with E-state index in [1.54, 1.807) is 0 Å². The summed E-state index contributed by atoms with van der Waals surface area (Å²) in [6.07, 6.45) is 0. The van der Waals surface area contributed by atoms with Gasteiger partial charge in [0.05, 0.1) is 0 Å². The van der Waals surface area contributed by atoms with E-state index in [1.165, 1.54) is 0 Å². The molecular formula is C12H11N2. The lowest BCUT2D eigenvalue weighted by molar-refractivity contribution is 1.54. The highest BCUT2D eigenvalue weighted by atomic mass is 14.9. The molecule has 3 N–H and O–H groups in total. The summed E-state index contributed by atoms with van der Waals surface area (Å²) >= 11 is 0. The average Bonchev–Trinajstić information content (AvgIpc) is 2.23. The molecule has 2 rings (SSSR count). The molecule has 0 saturated carbocycles. The summed E-state index contributed by atoms with van der Waals surface area (Å²) < 4.78 is 0. The highest BCUT2D eigenvalue weighted by Crippen LogP contribution is 2.16. The first-order chi connectivity index (χ1) is 6.84. The number of benzene rings is 2. The Morgan fingerprint density at radius 3 is 2.43 bits per heavy atom. The van der Waals surface area contributed by atoms with Crippen LogP contribution in [0.25, 0.3) is 0 Å². The van der Waals surface area contributed by atoms with Crippen LogP contribution >= 0.6 is 0 Å². The molecule has 0 aliphatic rings. The molecule has 2 aromatic rings. The Bertz CT molecular complexity index is 392. The van der Waals surface area contributed by atoms with Crippen LogP contribution in [0, 0.1) is 6.07 Å². The number of para-hydroxylation sites is 1. The zero-order valence-electron chi connectivity index (χ0n) is 7.70. The molecule has 0 atom stereocenters. The number of hydrogen-bond donors (Lipinski definition) is 2. The van der Waals surface area contributed by atoms with Crippen molar-refractivity contribution in [2.45, 2.75) is 0 Å². The molecule has 0 fully saturated rings. The summed E-state index contributed by atoms with van der Waals surface area (Å²) in [6, 6.07) is 18.5. The third-order valence-electron chi connectivity index (χ3n) is 1.90. The third-order valence-corrected chi connectivity index (χ3v) is 1.90. The van der Waals surface area contributed by atoms with Gasteiger partial charge in [-0.1, -0.05) is 18.2 Å². The molecule has 0 aromatic heterocycles. The van der Waals surface area contributed by atoms with Crippen LogP contribution in [0.4, 0.5) is 17.1 Å². The van der Waals surface area contributed by atoms with Gasteiger partial charge in [0.15, 0.2) is 0 Å². The fourth-order valence-corrected chi connectivity index (χ4v) is 1.19. The quantitative estimate of drug-likeness (QED) is 0.702. The molecule has 0 saturated heterocycles. The summed E-state index contributed by atoms with van der Waals surface area (Å²) in [5, 5.41) is 3.22. The van der Waals surface area contributed by atoms with Gasteiger partial charge in [0, 0.05) is 23.1 Å². The fourth-order valence-electron chi connectivity index (χ4n) is 1.19. The van der Waals surface area contributed by atoms with Crippen LogP contribution in [0.5, 0.6) is 0 Å². The minimum atomic E-state index is 0.771. The maximum absolute atomic E-state index is 5.58. The van der Waals surface area contributed by atoms with E-state index in [-0.39, 0.29) is 0 Å². The van der Waals surface area contributed by atoms with E-state index in [0.29, 0.717) is 0 Å². The first-order valence-electron chi connectivity index (χ1n) is 4.44. The number of nitrogen functional groups attached to an aromatic ring is 1. The second kappa shape index (κ2) is 3.83. The van der Waals surface area contributed by atoms with Crippen LogP contribution in [-0.2, 0) is 0 Å². The van der Waals surface area contributed by atoms with Gasteiger partial charge in [-0.2, -0.15) is 0 Å². The van der Waals surface area contributed by atoms with E-state index in [4.69, 9.17) is 5.73 Å². The van der Waals surface area contributed by atoms with Crippen LogP contribution in [0.1, 0.15) is 0 Å². The Kier molecular flexibility index (Phi) is 2.36. The number of rotatable bonds is 2. The van der Waals surface area contributed by atoms with E-state index >= 15 is 0 Å². The Morgan fingerprint density at radius 2 is 1.79 bits per heavy atom. The lowest BCUT2D eigenvalue weighted by Gasteiger charge is -2.05. The second-order valence-electron chi connectivity index (χ2n) is 3.02. The minimum Gasteiger partial charge on any atom is -0.399 e. The summed E-state index contributed by atoms with van der Waals surface area (Å²) in [5.74, 6) is 0. The summed E-state index contributed by atoms with van der Waals surface area (Å²) in [5.41, 5.74) is 8.33. The topological polar surface area (TPSA) is 38.0 Å². The van der Waals surface area contributed by atoms with E-state index in [0.717, 1.165) is 17.1 Å². The maximum Gasteiger partial charge on any atom is 0.0464 e. The molecule has 14 heavy (non-hydrogen) atoms. The smallest absolute Gasteiger partial charge is 0.0464 e. The predicted octanol–water partition coefficient (Wildman–Crippen LogP) is 2.81. The van der Waals surface area contributed by atoms with Gasteiger partial charge in [-0.25, -0.2) is 0 Å². The van der Waals surface area contributed by atoms with Gasteiger partial charge >= 0.3 is 0 Å². The Labute approximate surface area is 83.4 Å². The molecule has 2 nitrogen and oxygen atoms in total. The first kappa shape index (κ1) is 8.63. The van der Waals surface area contributed by atoms with Crippen molar-refractivity contribution >= 4 is 17.1 Å². The summed E-state index contributed by atoms with van der Waals surface area (Å²) in [7, 11) is 0. The second-order valence-corrected chi connectivity index (χ2v) is 3.02. The number of hydrogen-bond acceptors (Lipinski definition) is 2. The summed E-state index contributed by atoms with van der Waals surface area (Å²) in [4.78, 5) is 0. The van der Waals surface area contributed by atoms with Crippen LogP contribution in [-0.4, -0.2) is 0 Å². The summed E-state index contributed by atoms with van der Waals surface area (Å²) in [6.45, 7) is 0. The van der Waals surface area contributed by atoms with Crippen LogP contribution in [0.15, 0.2) is 48.5 Å². The lowest BCUT2D eigenvalue weighted by atomic mass is 10.2. The SMILES string of the molecule is Nc1ccc(Nc2[c]cccc2)cc1. The van der Waals surface area contributed by atoms with Crippen molar-refractivity contribution in [2.24, 2.45) is 0 Å². The Hall–Kier alpha value is -1.96. The van der Waals surface area contributed by atoms with Crippen molar-refractivity contribution in [3.8, 4) is 0 Å². The van der Waals surface area contributed by atoms with Crippen molar-refractivity contribution in [1.82, 2.24) is 0 Å². The highest BCUT2D eigenvalue weighted by molar-refractivity contribution is 5.60. The molecule has 0 spiro atoms. The van der Waals surface area contributed by atoms with Crippen molar-refractivity contribution in [1.29, 1.82) is 0 Å². The minimum absolute atomic E-state index is 0.771. The van der Waals surface area contributed by atoms with E-state index in [2.05, 4.69) is 11.4 Å². The molecule has 0 unspecified atom stereocenters. The van der Waals surface area contributed by atoms with Gasteiger partial charge in [-0.3, -0.25) is 0 Å². The van der Waals surface area contributed by atoms with Gasteiger partial charge in [0.1, 0.15) is 0 Å². The molecule has 0 aliphatic heterocycles. The van der Waals surface area contributed by atoms with Crippen molar-refractivity contribution in [3.05, 3.63) is 54.6 Å². The molecule has 0 aliphatic carbocycles. The van der Waals surface area contributed by atoms with Crippen molar-refractivity contribution < 1.29 is 0 Å². The molecule has 2 heteroatoms. The van der Waals surface area contributed by atoms with Gasteiger partial charge in [0.2, 0.25) is 0 Å². The maximum atomic E-state index is 5.58. The van der Waals surface area contributed by atoms with Crippen molar-refractivity contribution in [3.63, 3.8) is 0 Å². The van der Waals surface area contributed by atoms with Gasteiger partial charge < -0.3 is 11.1 Å². The fraction of sp³-hybridized carbons (Fsp3) is 0. The first-order valence-corrected chi connectivity index (χ1v) is 4.44. The predicted molar refractivity (Wildman–Crippen MR) is 59.4 cm³/mol. The molecule has 0 heterocycles. The molecule has 0 bridgehead atoms. The highest BCUT2D eigenvalue weighted by Gasteiger charge is 1.92. The number of nitrogens with two attached hydrogens (primary N) is 1. The van der Waals surface area contributed by atoms with Gasteiger partial charge in [-0.05, 0) is 30.3 Å². The monoisotopic (exact) mass is 183 g/mol. The van der Waals surface area contributed by atoms with E-state index in [9.17, 15) is 0 Å². The molecule has 2 aromatic carbocycles. The molecule has 69 valence electrons. The molecular weight excluding hydrogens is 172 g/mol. The van der Waals surface area contributed by atoms with E-state index in [1.807, 2.05) is 48.5 Å². The zero-order valence-corrected chi connectivity index (χ0v) is 7.70. The van der Waals surface area contributed by atoms with Crippen LogP contribution < -0.4 is 11.1 Å². The Balaban J connectivity index is 2.16.